The summed E-state index contributed by atoms with van der Waals surface area (Å²) in [6, 6.07) is 1.68. The van der Waals surface area contributed by atoms with Gasteiger partial charge in [-0.25, -0.2) is 14.5 Å². The summed E-state index contributed by atoms with van der Waals surface area (Å²) in [5, 5.41) is 5.12. The minimum absolute atomic E-state index is 0.196. The third-order valence-corrected chi connectivity index (χ3v) is 2.73. The van der Waals surface area contributed by atoms with Gasteiger partial charge in [0.05, 0.1) is 10.9 Å². The van der Waals surface area contributed by atoms with E-state index in [9.17, 15) is 9.59 Å². The molecule has 0 aromatic carbocycles. The van der Waals surface area contributed by atoms with Crippen LogP contribution in [0, 0.1) is 0 Å². The van der Waals surface area contributed by atoms with Crippen molar-refractivity contribution in [3.05, 3.63) is 50.6 Å². The zero-order chi connectivity index (χ0) is 12.7. The number of nitrogens with zero attached hydrogens (tertiary/aromatic N) is 3. The van der Waals surface area contributed by atoms with E-state index < -0.39 is 11.2 Å². The second-order valence-electron chi connectivity index (χ2n) is 3.57. The highest BCUT2D eigenvalue weighted by atomic mass is 35.5. The van der Waals surface area contributed by atoms with Crippen molar-refractivity contribution in [1.82, 2.24) is 24.7 Å². The summed E-state index contributed by atoms with van der Waals surface area (Å²) in [4.78, 5) is 31.0. The quantitative estimate of drug-likeness (QED) is 0.623. The van der Waals surface area contributed by atoms with E-state index in [-0.39, 0.29) is 5.69 Å². The minimum Gasteiger partial charge on any atom is -0.312 e. The van der Waals surface area contributed by atoms with Crippen LogP contribution in [-0.4, -0.2) is 24.7 Å². The van der Waals surface area contributed by atoms with Crippen LogP contribution in [0.25, 0.3) is 16.6 Å². The first-order valence-corrected chi connectivity index (χ1v) is 5.35. The number of fused-ring (bicyclic) bond motifs is 1. The molecule has 0 spiro atoms. The minimum atomic E-state index is -0.569. The number of pyridine rings is 1. The second kappa shape index (κ2) is 3.81. The van der Waals surface area contributed by atoms with Gasteiger partial charge in [-0.15, -0.1) is 0 Å². The van der Waals surface area contributed by atoms with Gasteiger partial charge in [0.15, 0.2) is 0 Å². The summed E-state index contributed by atoms with van der Waals surface area (Å²) in [6.07, 6.45) is 4.39. The lowest BCUT2D eigenvalue weighted by molar-refractivity contribution is 0.854. The lowest BCUT2D eigenvalue weighted by atomic mass is 10.3. The zero-order valence-corrected chi connectivity index (χ0v) is 9.60. The van der Waals surface area contributed by atoms with Crippen molar-refractivity contribution in [3.63, 3.8) is 0 Å². The predicted octanol–water partition coefficient (Wildman–Crippen LogP) is 0.450. The van der Waals surface area contributed by atoms with Crippen molar-refractivity contribution in [2.75, 3.05) is 0 Å². The molecule has 0 unspecified atom stereocenters. The van der Waals surface area contributed by atoms with Gasteiger partial charge in [0.2, 0.25) is 0 Å². The average molecular weight is 264 g/mol. The normalized spacial score (nSPS) is 10.9. The lowest BCUT2D eigenvalue weighted by Gasteiger charge is -1.96. The van der Waals surface area contributed by atoms with Crippen LogP contribution in [0.5, 0.6) is 0 Å². The van der Waals surface area contributed by atoms with Crippen LogP contribution in [0.2, 0.25) is 5.15 Å². The molecule has 0 aliphatic carbocycles. The van der Waals surface area contributed by atoms with Gasteiger partial charge in [-0.3, -0.25) is 9.78 Å². The molecule has 3 aromatic rings. The third kappa shape index (κ3) is 1.61. The van der Waals surface area contributed by atoms with Gasteiger partial charge in [-0.2, -0.15) is 5.10 Å². The number of hydrogen-bond donors (Lipinski definition) is 2. The summed E-state index contributed by atoms with van der Waals surface area (Å²) >= 11 is 5.91. The molecule has 0 fully saturated rings. The predicted molar refractivity (Wildman–Crippen MR) is 65.1 cm³/mol. The van der Waals surface area contributed by atoms with Crippen LogP contribution in [-0.2, 0) is 0 Å². The fraction of sp³-hybridized carbons (Fsp3) is 0. The van der Waals surface area contributed by atoms with Crippen molar-refractivity contribution in [2.24, 2.45) is 0 Å². The highest BCUT2D eigenvalue weighted by Crippen LogP contribution is 2.20. The monoisotopic (exact) mass is 263 g/mol. The first-order chi connectivity index (χ1) is 8.65. The Balaban J connectivity index is 2.29. The third-order valence-electron chi connectivity index (χ3n) is 2.43. The van der Waals surface area contributed by atoms with Gasteiger partial charge >= 0.3 is 5.69 Å². The van der Waals surface area contributed by atoms with Gasteiger partial charge in [-0.05, 0) is 6.07 Å². The number of aromatic nitrogens is 5. The Labute approximate surface area is 104 Å². The molecule has 2 N–H and O–H groups in total. The van der Waals surface area contributed by atoms with E-state index in [0.29, 0.717) is 16.1 Å². The molecule has 0 aliphatic rings. The summed E-state index contributed by atoms with van der Waals surface area (Å²) in [6.45, 7) is 0. The molecule has 0 saturated carbocycles. The van der Waals surface area contributed by atoms with Crippen molar-refractivity contribution >= 4 is 22.5 Å². The summed E-state index contributed by atoms with van der Waals surface area (Å²) in [5.74, 6) is 0. The smallest absolute Gasteiger partial charge is 0.312 e. The maximum atomic E-state index is 11.6. The lowest BCUT2D eigenvalue weighted by Crippen LogP contribution is -2.25. The Morgan fingerprint density at radius 3 is 2.89 bits per heavy atom. The summed E-state index contributed by atoms with van der Waals surface area (Å²) < 4.78 is 1.34. The molecule has 0 radical (unpaired) electrons. The van der Waals surface area contributed by atoms with Crippen LogP contribution in [0.1, 0.15) is 0 Å². The van der Waals surface area contributed by atoms with Gasteiger partial charge in [0.1, 0.15) is 10.8 Å². The van der Waals surface area contributed by atoms with E-state index >= 15 is 0 Å². The first-order valence-electron chi connectivity index (χ1n) is 4.97. The zero-order valence-electron chi connectivity index (χ0n) is 8.85. The molecule has 18 heavy (non-hydrogen) atoms. The van der Waals surface area contributed by atoms with Crippen LogP contribution >= 0.6 is 11.6 Å². The molecule has 7 nitrogen and oxygen atoms in total. The maximum absolute atomic E-state index is 11.6. The molecule has 0 saturated heterocycles. The Kier molecular flexibility index (Phi) is 2.27. The molecule has 3 heterocycles. The number of halogens is 1. The molecular formula is C10H6ClN5O2. The first kappa shape index (κ1) is 10.7. The molecule has 0 atom stereocenters. The SMILES string of the molecule is O=c1[nH]cc(-n2cc3c(Cl)nccc3n2)c(=O)[nH]1. The average Bonchev–Trinajstić information content (AvgIpc) is 2.74. The number of aromatic amines is 2. The van der Waals surface area contributed by atoms with Gasteiger partial charge in [-0.1, -0.05) is 11.6 Å². The molecule has 3 aromatic heterocycles. The largest absolute Gasteiger partial charge is 0.325 e. The topological polar surface area (TPSA) is 96.4 Å². The van der Waals surface area contributed by atoms with Gasteiger partial charge in [0, 0.05) is 18.6 Å². The molecule has 8 heteroatoms. The van der Waals surface area contributed by atoms with Crippen LogP contribution in [0.3, 0.4) is 0 Å². The molecule has 3 rings (SSSR count). The van der Waals surface area contributed by atoms with E-state index in [1.165, 1.54) is 17.1 Å². The molecule has 0 bridgehead atoms. The van der Waals surface area contributed by atoms with Gasteiger partial charge in [0.25, 0.3) is 5.56 Å². The molecular weight excluding hydrogens is 258 g/mol. The summed E-state index contributed by atoms with van der Waals surface area (Å²) in [7, 11) is 0. The van der Waals surface area contributed by atoms with E-state index in [1.807, 2.05) is 0 Å². The standard InChI is InChI=1S/C10H6ClN5O2/c11-8-5-4-16(15-6(5)1-2-12-8)7-3-13-10(18)14-9(7)17/h1-4H,(H2,13,14,17,18). The highest BCUT2D eigenvalue weighted by molar-refractivity contribution is 6.34. The van der Waals surface area contributed by atoms with Crippen LogP contribution < -0.4 is 11.2 Å². The van der Waals surface area contributed by atoms with Crippen molar-refractivity contribution in [3.8, 4) is 5.69 Å². The number of rotatable bonds is 1. The Morgan fingerprint density at radius 2 is 2.17 bits per heavy atom. The summed E-state index contributed by atoms with van der Waals surface area (Å²) in [5.41, 5.74) is -0.293. The van der Waals surface area contributed by atoms with Crippen LogP contribution in [0.4, 0.5) is 0 Å². The number of nitrogens with one attached hydrogen (secondary N) is 2. The van der Waals surface area contributed by atoms with Crippen LogP contribution in [0.15, 0.2) is 34.2 Å². The maximum Gasteiger partial charge on any atom is 0.325 e. The molecule has 90 valence electrons. The Hall–Kier alpha value is -2.41. The van der Waals surface area contributed by atoms with E-state index in [2.05, 4.69) is 20.1 Å². The molecule has 0 amide bonds. The highest BCUT2D eigenvalue weighted by Gasteiger charge is 2.09. The fourth-order valence-corrected chi connectivity index (χ4v) is 1.81. The number of hydrogen-bond acceptors (Lipinski definition) is 4. The van der Waals surface area contributed by atoms with Crippen molar-refractivity contribution in [2.45, 2.75) is 0 Å². The van der Waals surface area contributed by atoms with E-state index in [1.54, 1.807) is 12.3 Å². The van der Waals surface area contributed by atoms with E-state index in [0.717, 1.165) is 0 Å². The molecule has 0 aliphatic heterocycles. The van der Waals surface area contributed by atoms with Crippen molar-refractivity contribution < 1.29 is 0 Å². The fourth-order valence-electron chi connectivity index (χ4n) is 1.61. The van der Waals surface area contributed by atoms with Gasteiger partial charge < -0.3 is 4.98 Å². The Bertz CT molecular complexity index is 847. The van der Waals surface area contributed by atoms with Crippen molar-refractivity contribution in [1.29, 1.82) is 0 Å². The van der Waals surface area contributed by atoms with E-state index in [4.69, 9.17) is 11.6 Å². The number of H-pyrrole nitrogens is 2. The Morgan fingerprint density at radius 1 is 1.33 bits per heavy atom. The second-order valence-corrected chi connectivity index (χ2v) is 3.92.